The van der Waals surface area contributed by atoms with Gasteiger partial charge in [-0.15, -0.1) is 0 Å². The summed E-state index contributed by atoms with van der Waals surface area (Å²) >= 11 is 0. The third-order valence-electron chi connectivity index (χ3n) is 2.70. The zero-order valence-corrected chi connectivity index (χ0v) is 10.4. The average Bonchev–Trinajstić information content (AvgIpc) is 2.85. The molecule has 0 aliphatic heterocycles. The lowest BCUT2D eigenvalue weighted by atomic mass is 10.2. The molecule has 7 heteroatoms. The summed E-state index contributed by atoms with van der Waals surface area (Å²) in [6.07, 6.45) is 3.40. The van der Waals surface area contributed by atoms with Crippen LogP contribution in [0.1, 0.15) is 11.3 Å². The van der Waals surface area contributed by atoms with Gasteiger partial charge in [0, 0.05) is 25.4 Å². The molecule has 2 aromatic heterocycles. The van der Waals surface area contributed by atoms with Crippen molar-refractivity contribution in [2.24, 2.45) is 7.05 Å². The Labute approximate surface area is 104 Å². The maximum absolute atomic E-state index is 13.7. The maximum Gasteiger partial charge on any atom is 0.216 e. The van der Waals surface area contributed by atoms with Crippen LogP contribution in [0.3, 0.4) is 0 Å². The van der Waals surface area contributed by atoms with Gasteiger partial charge in [0.15, 0.2) is 0 Å². The summed E-state index contributed by atoms with van der Waals surface area (Å²) in [5.74, 6) is -0.331. The number of hydrogen-bond acceptors (Lipinski definition) is 4. The van der Waals surface area contributed by atoms with Gasteiger partial charge in [-0.05, 0) is 6.92 Å². The molecule has 0 radical (unpaired) electrons. The second kappa shape index (κ2) is 5.18. The molecule has 2 heterocycles. The summed E-state index contributed by atoms with van der Waals surface area (Å²) < 4.78 is 16.5. The van der Waals surface area contributed by atoms with Crippen molar-refractivity contribution in [1.29, 1.82) is 0 Å². The van der Waals surface area contributed by atoms with Crippen molar-refractivity contribution in [2.75, 3.05) is 11.9 Å². The molecule has 0 atom stereocenters. The van der Waals surface area contributed by atoms with Crippen molar-refractivity contribution in [3.8, 4) is 0 Å². The van der Waals surface area contributed by atoms with Gasteiger partial charge in [-0.25, -0.2) is 4.68 Å². The smallest absolute Gasteiger partial charge is 0.216 e. The van der Waals surface area contributed by atoms with Gasteiger partial charge in [-0.3, -0.25) is 4.68 Å². The monoisotopic (exact) mass is 253 g/mol. The summed E-state index contributed by atoms with van der Waals surface area (Å²) in [7, 11) is 1.57. The summed E-state index contributed by atoms with van der Waals surface area (Å²) in [4.78, 5) is 0. The van der Waals surface area contributed by atoms with E-state index in [4.69, 9.17) is 5.11 Å². The second-order valence-electron chi connectivity index (χ2n) is 4.05. The fraction of sp³-hybridized carbons (Fsp3) is 0.455. The van der Waals surface area contributed by atoms with E-state index in [-0.39, 0.29) is 12.6 Å². The fourth-order valence-corrected chi connectivity index (χ4v) is 1.74. The average molecular weight is 253 g/mol. The molecule has 0 aromatic carbocycles. The molecule has 0 saturated carbocycles. The lowest BCUT2D eigenvalue weighted by Crippen LogP contribution is -2.03. The number of nitrogens with zero attached hydrogens (tertiary/aromatic N) is 4. The van der Waals surface area contributed by atoms with Crippen LogP contribution in [0, 0.1) is 12.9 Å². The predicted molar refractivity (Wildman–Crippen MR) is 64.5 cm³/mol. The van der Waals surface area contributed by atoms with Gasteiger partial charge in [0.05, 0.1) is 30.7 Å². The molecule has 2 N–H and O–H groups in total. The molecule has 0 bridgehead atoms. The Kier molecular flexibility index (Phi) is 3.61. The van der Waals surface area contributed by atoms with E-state index in [2.05, 4.69) is 15.5 Å². The first kappa shape index (κ1) is 12.6. The van der Waals surface area contributed by atoms with E-state index in [0.717, 1.165) is 5.69 Å². The summed E-state index contributed by atoms with van der Waals surface area (Å²) in [6.45, 7) is 2.62. The largest absolute Gasteiger partial charge is 0.394 e. The Morgan fingerprint density at radius 1 is 1.50 bits per heavy atom. The molecule has 0 saturated heterocycles. The van der Waals surface area contributed by atoms with Gasteiger partial charge >= 0.3 is 0 Å². The lowest BCUT2D eigenvalue weighted by molar-refractivity contribution is 0.269. The minimum atomic E-state index is -0.331. The highest BCUT2D eigenvalue weighted by Crippen LogP contribution is 2.14. The number of hydrogen-bond donors (Lipinski definition) is 2. The van der Waals surface area contributed by atoms with Crippen LogP contribution < -0.4 is 5.32 Å². The van der Waals surface area contributed by atoms with E-state index in [1.54, 1.807) is 31.0 Å². The van der Waals surface area contributed by atoms with Gasteiger partial charge in [0.1, 0.15) is 0 Å². The van der Waals surface area contributed by atoms with Crippen molar-refractivity contribution in [3.63, 3.8) is 0 Å². The van der Waals surface area contributed by atoms with E-state index in [9.17, 15) is 4.39 Å². The Bertz CT molecular complexity index is 534. The Balaban J connectivity index is 2.02. The van der Waals surface area contributed by atoms with E-state index in [1.165, 1.54) is 4.68 Å². The van der Waals surface area contributed by atoms with Crippen LogP contribution in [-0.2, 0) is 20.1 Å². The Hall–Kier alpha value is -1.89. The molecule has 0 spiro atoms. The zero-order chi connectivity index (χ0) is 13.1. The first-order valence-electron chi connectivity index (χ1n) is 5.67. The normalized spacial score (nSPS) is 10.9. The quantitative estimate of drug-likeness (QED) is 0.821. The summed E-state index contributed by atoms with van der Waals surface area (Å²) in [5.41, 5.74) is 2.00. The van der Waals surface area contributed by atoms with Crippen LogP contribution in [0.25, 0.3) is 0 Å². The van der Waals surface area contributed by atoms with Crippen LogP contribution in [-0.4, -0.2) is 31.3 Å². The number of halogens is 1. The van der Waals surface area contributed by atoms with Gasteiger partial charge in [0.25, 0.3) is 0 Å². The van der Waals surface area contributed by atoms with Gasteiger partial charge in [0.2, 0.25) is 5.95 Å². The SMILES string of the molecule is Cc1nn(C)c(F)c1CNc1cnn(CCO)c1. The Morgan fingerprint density at radius 3 is 2.89 bits per heavy atom. The van der Waals surface area contributed by atoms with Gasteiger partial charge in [-0.1, -0.05) is 0 Å². The molecule has 0 fully saturated rings. The van der Waals surface area contributed by atoms with Crippen molar-refractivity contribution in [1.82, 2.24) is 19.6 Å². The minimum Gasteiger partial charge on any atom is -0.394 e. The van der Waals surface area contributed by atoms with Crippen molar-refractivity contribution < 1.29 is 9.50 Å². The number of aliphatic hydroxyl groups is 1. The van der Waals surface area contributed by atoms with Crippen LogP contribution in [0.4, 0.5) is 10.1 Å². The Morgan fingerprint density at radius 2 is 2.28 bits per heavy atom. The molecule has 98 valence electrons. The first-order valence-corrected chi connectivity index (χ1v) is 5.67. The third-order valence-corrected chi connectivity index (χ3v) is 2.70. The number of aryl methyl sites for hydroxylation is 2. The van der Waals surface area contributed by atoms with Crippen LogP contribution in [0.15, 0.2) is 12.4 Å². The molecule has 0 aliphatic rings. The lowest BCUT2D eigenvalue weighted by Gasteiger charge is -2.02. The predicted octanol–water partition coefficient (Wildman–Crippen LogP) is 0.669. The van der Waals surface area contributed by atoms with E-state index in [1.807, 2.05) is 0 Å². The topological polar surface area (TPSA) is 67.9 Å². The number of rotatable bonds is 5. The second-order valence-corrected chi connectivity index (χ2v) is 4.05. The third kappa shape index (κ3) is 2.51. The molecule has 0 unspecified atom stereocenters. The number of aromatic nitrogens is 4. The zero-order valence-electron chi connectivity index (χ0n) is 10.4. The molecular formula is C11H16FN5O. The van der Waals surface area contributed by atoms with E-state index < -0.39 is 0 Å². The van der Waals surface area contributed by atoms with Crippen LogP contribution in [0.2, 0.25) is 0 Å². The van der Waals surface area contributed by atoms with E-state index >= 15 is 0 Å². The molecule has 2 rings (SSSR count). The highest BCUT2D eigenvalue weighted by Gasteiger charge is 2.12. The summed E-state index contributed by atoms with van der Waals surface area (Å²) in [6, 6.07) is 0. The number of nitrogens with one attached hydrogen (secondary N) is 1. The molecule has 2 aromatic rings. The van der Waals surface area contributed by atoms with E-state index in [0.29, 0.717) is 24.3 Å². The van der Waals surface area contributed by atoms with Crippen molar-refractivity contribution >= 4 is 5.69 Å². The van der Waals surface area contributed by atoms with Crippen LogP contribution >= 0.6 is 0 Å². The molecule has 0 amide bonds. The number of aliphatic hydroxyl groups excluding tert-OH is 1. The summed E-state index contributed by atoms with van der Waals surface area (Å²) in [5, 5.41) is 19.9. The standard InChI is InChI=1S/C11H16FN5O/c1-8-10(11(12)16(2)15-8)6-13-9-5-14-17(7-9)3-4-18/h5,7,13,18H,3-4,6H2,1-2H3. The number of anilines is 1. The molecular weight excluding hydrogens is 237 g/mol. The van der Waals surface area contributed by atoms with Crippen LogP contribution in [0.5, 0.6) is 0 Å². The van der Waals surface area contributed by atoms with Crippen molar-refractivity contribution in [3.05, 3.63) is 29.6 Å². The first-order chi connectivity index (χ1) is 8.61. The molecule has 6 nitrogen and oxygen atoms in total. The van der Waals surface area contributed by atoms with Gasteiger partial charge in [-0.2, -0.15) is 14.6 Å². The fourth-order valence-electron chi connectivity index (χ4n) is 1.74. The molecule has 18 heavy (non-hydrogen) atoms. The highest BCUT2D eigenvalue weighted by atomic mass is 19.1. The maximum atomic E-state index is 13.7. The van der Waals surface area contributed by atoms with Crippen molar-refractivity contribution in [2.45, 2.75) is 20.0 Å². The minimum absolute atomic E-state index is 0.0391. The molecule has 0 aliphatic carbocycles. The van der Waals surface area contributed by atoms with Gasteiger partial charge < -0.3 is 10.4 Å². The highest BCUT2D eigenvalue weighted by molar-refractivity contribution is 5.39.